The van der Waals surface area contributed by atoms with Crippen LogP contribution in [0.5, 0.6) is 5.88 Å². The minimum absolute atomic E-state index is 0.0560. The maximum absolute atomic E-state index is 12.9. The third-order valence-electron chi connectivity index (χ3n) is 6.54. The molecule has 0 radical (unpaired) electrons. The maximum Gasteiger partial charge on any atom is 0.277 e. The van der Waals surface area contributed by atoms with Crippen molar-refractivity contribution < 1.29 is 23.9 Å². The molecule has 4 heterocycles. The van der Waals surface area contributed by atoms with Crippen molar-refractivity contribution in [3.8, 4) is 17.0 Å². The van der Waals surface area contributed by atoms with Crippen LogP contribution >= 0.6 is 0 Å². The minimum atomic E-state index is -0.491. The lowest BCUT2D eigenvalue weighted by molar-refractivity contribution is -0.136. The molecule has 2 atom stereocenters. The Labute approximate surface area is 202 Å². The first kappa shape index (κ1) is 23.1. The van der Waals surface area contributed by atoms with Gasteiger partial charge in [0, 0.05) is 62.2 Å². The molecule has 11 heteroatoms. The lowest BCUT2D eigenvalue weighted by Crippen LogP contribution is -2.41. The van der Waals surface area contributed by atoms with Crippen LogP contribution < -0.4 is 10.1 Å². The van der Waals surface area contributed by atoms with Gasteiger partial charge in [-0.2, -0.15) is 10.1 Å². The molecule has 1 saturated heterocycles. The highest BCUT2D eigenvalue weighted by atomic mass is 16.7. The number of anilines is 1. The molecule has 2 aliphatic rings. The quantitative estimate of drug-likeness (QED) is 0.565. The van der Waals surface area contributed by atoms with Crippen molar-refractivity contribution in [3.63, 3.8) is 0 Å². The normalized spacial score (nSPS) is 19.8. The molecule has 2 aliphatic heterocycles. The van der Waals surface area contributed by atoms with Gasteiger partial charge in [0.25, 0.3) is 11.8 Å². The van der Waals surface area contributed by atoms with E-state index < -0.39 is 6.10 Å². The largest absolute Gasteiger partial charge is 0.475 e. The summed E-state index contributed by atoms with van der Waals surface area (Å²) in [5, 5.41) is 9.00. The number of nitrogens with zero attached hydrogens (tertiary/aromatic N) is 5. The fourth-order valence-corrected chi connectivity index (χ4v) is 4.59. The van der Waals surface area contributed by atoms with Gasteiger partial charge in [0.15, 0.2) is 5.65 Å². The summed E-state index contributed by atoms with van der Waals surface area (Å²) in [6, 6.07) is 5.36. The summed E-state index contributed by atoms with van der Waals surface area (Å²) in [4.78, 5) is 37.4. The maximum atomic E-state index is 12.9. The summed E-state index contributed by atoms with van der Waals surface area (Å²) in [7, 11) is 4.55. The summed E-state index contributed by atoms with van der Waals surface area (Å²) in [6.45, 7) is 3.17. The molecule has 2 amide bonds. The highest BCUT2D eigenvalue weighted by molar-refractivity contribution is 5.96. The first-order chi connectivity index (χ1) is 16.9. The Balaban J connectivity index is 1.62. The number of nitrogens with one attached hydrogen (secondary N) is 1. The SMILES string of the molecule is CO[C@@H]1C[C@H]2COc3nc4c(cnn4cc3C)-c3cc(cc(C(=O)N(C)OC)c3)NCCN2C1=O. The van der Waals surface area contributed by atoms with E-state index in [1.165, 1.54) is 12.2 Å². The molecular weight excluding hydrogens is 452 g/mol. The summed E-state index contributed by atoms with van der Waals surface area (Å²) < 4.78 is 13.2. The second-order valence-electron chi connectivity index (χ2n) is 8.72. The molecule has 5 rings (SSSR count). The van der Waals surface area contributed by atoms with E-state index in [4.69, 9.17) is 19.3 Å². The second-order valence-corrected chi connectivity index (χ2v) is 8.72. The van der Waals surface area contributed by atoms with E-state index in [1.54, 1.807) is 41.9 Å². The van der Waals surface area contributed by atoms with Gasteiger partial charge in [-0.3, -0.25) is 14.4 Å². The highest BCUT2D eigenvalue weighted by Crippen LogP contribution is 2.31. The Morgan fingerprint density at radius 3 is 2.89 bits per heavy atom. The van der Waals surface area contributed by atoms with E-state index >= 15 is 0 Å². The number of rotatable bonds is 3. The van der Waals surface area contributed by atoms with Crippen LogP contribution in [0.2, 0.25) is 0 Å². The Morgan fingerprint density at radius 1 is 1.29 bits per heavy atom. The number of methoxy groups -OCH3 is 1. The van der Waals surface area contributed by atoms with E-state index in [1.807, 2.05) is 19.2 Å². The molecule has 3 aromatic rings. The molecule has 11 nitrogen and oxygen atoms in total. The molecule has 0 saturated carbocycles. The number of hydrogen-bond donors (Lipinski definition) is 1. The monoisotopic (exact) mass is 480 g/mol. The zero-order valence-corrected chi connectivity index (χ0v) is 20.1. The average molecular weight is 481 g/mol. The smallest absolute Gasteiger partial charge is 0.277 e. The molecule has 1 N–H and O–H groups in total. The lowest BCUT2D eigenvalue weighted by atomic mass is 10.0. The molecule has 184 valence electrons. The third kappa shape index (κ3) is 4.17. The minimum Gasteiger partial charge on any atom is -0.475 e. The van der Waals surface area contributed by atoms with Gasteiger partial charge < -0.3 is 19.7 Å². The number of amides is 2. The number of fused-ring (bicyclic) bond motifs is 5. The first-order valence-corrected chi connectivity index (χ1v) is 11.4. The van der Waals surface area contributed by atoms with Gasteiger partial charge in [-0.1, -0.05) is 0 Å². The van der Waals surface area contributed by atoms with Crippen molar-refractivity contribution in [1.29, 1.82) is 0 Å². The summed E-state index contributed by atoms with van der Waals surface area (Å²) in [6.07, 6.45) is 3.64. The van der Waals surface area contributed by atoms with Gasteiger partial charge in [0.05, 0.1) is 19.3 Å². The predicted octanol–water partition coefficient (Wildman–Crippen LogP) is 1.76. The van der Waals surface area contributed by atoms with Gasteiger partial charge >= 0.3 is 0 Å². The number of ether oxygens (including phenoxy) is 2. The Hall–Kier alpha value is -3.70. The van der Waals surface area contributed by atoms with E-state index in [-0.39, 0.29) is 17.9 Å². The highest BCUT2D eigenvalue weighted by Gasteiger charge is 2.40. The zero-order chi connectivity index (χ0) is 24.7. The molecule has 0 aliphatic carbocycles. The van der Waals surface area contributed by atoms with Crippen LogP contribution in [-0.2, 0) is 14.4 Å². The number of aryl methyl sites for hydroxylation is 1. The molecular formula is C24H28N6O5. The number of hydrogen-bond acceptors (Lipinski definition) is 8. The van der Waals surface area contributed by atoms with Crippen LogP contribution in [0, 0.1) is 6.92 Å². The number of carbonyl (C=O) groups is 2. The molecule has 2 aromatic heterocycles. The standard InChI is InChI=1S/C24H28N6O5/c1-14-12-30-21-19(11-26-30)15-7-16(23(31)28(2)34-4)9-17(8-15)25-5-6-29-18(13-35-22(14)27-21)10-20(33-3)24(29)32/h7-9,11-12,18,20,25H,5-6,10,13H2,1-4H3/t18-,20+/m0/s1. The lowest BCUT2D eigenvalue weighted by Gasteiger charge is -2.25. The fourth-order valence-electron chi connectivity index (χ4n) is 4.59. The third-order valence-corrected chi connectivity index (χ3v) is 6.54. The van der Waals surface area contributed by atoms with E-state index in [0.29, 0.717) is 43.2 Å². The number of hydroxylamine groups is 2. The topological polar surface area (TPSA) is 111 Å². The molecule has 35 heavy (non-hydrogen) atoms. The van der Waals surface area contributed by atoms with Crippen molar-refractivity contribution in [2.75, 3.05) is 46.3 Å². The predicted molar refractivity (Wildman–Crippen MR) is 127 cm³/mol. The van der Waals surface area contributed by atoms with Crippen molar-refractivity contribution >= 4 is 23.1 Å². The number of carbonyl (C=O) groups excluding carboxylic acids is 2. The van der Waals surface area contributed by atoms with Crippen molar-refractivity contribution in [2.45, 2.75) is 25.5 Å². The Morgan fingerprint density at radius 2 is 2.11 bits per heavy atom. The Kier molecular flexibility index (Phi) is 6.03. The van der Waals surface area contributed by atoms with E-state index in [2.05, 4.69) is 10.4 Å². The van der Waals surface area contributed by atoms with Crippen LogP contribution in [0.3, 0.4) is 0 Å². The van der Waals surface area contributed by atoms with Gasteiger partial charge in [-0.15, -0.1) is 0 Å². The van der Waals surface area contributed by atoms with Crippen LogP contribution in [0.15, 0.2) is 30.6 Å². The molecule has 4 bridgehead atoms. The van der Waals surface area contributed by atoms with Gasteiger partial charge in [0.2, 0.25) is 5.88 Å². The second kappa shape index (κ2) is 9.16. The van der Waals surface area contributed by atoms with Crippen molar-refractivity contribution in [2.24, 2.45) is 0 Å². The van der Waals surface area contributed by atoms with Crippen molar-refractivity contribution in [3.05, 3.63) is 41.7 Å². The molecule has 0 spiro atoms. The summed E-state index contributed by atoms with van der Waals surface area (Å²) in [5.74, 6) is 0.134. The van der Waals surface area contributed by atoms with Crippen LogP contribution in [0.1, 0.15) is 22.3 Å². The van der Waals surface area contributed by atoms with Gasteiger partial charge in [0.1, 0.15) is 12.7 Å². The molecule has 0 unspecified atom stereocenters. The number of benzene rings is 1. The van der Waals surface area contributed by atoms with E-state index in [9.17, 15) is 9.59 Å². The van der Waals surface area contributed by atoms with Gasteiger partial charge in [-0.25, -0.2) is 9.58 Å². The average Bonchev–Trinajstić information content (AvgIpc) is 3.41. The first-order valence-electron chi connectivity index (χ1n) is 11.4. The molecule has 1 aromatic carbocycles. The van der Waals surface area contributed by atoms with Crippen molar-refractivity contribution in [1.82, 2.24) is 24.6 Å². The molecule has 1 fully saturated rings. The summed E-state index contributed by atoms with van der Waals surface area (Å²) >= 11 is 0. The van der Waals surface area contributed by atoms with Gasteiger partial charge in [-0.05, 0) is 30.7 Å². The zero-order valence-electron chi connectivity index (χ0n) is 20.1. The summed E-state index contributed by atoms with van der Waals surface area (Å²) in [5.41, 5.74) is 4.15. The Bertz CT molecular complexity index is 1290. The van der Waals surface area contributed by atoms with Crippen LogP contribution in [0.25, 0.3) is 16.8 Å². The van der Waals surface area contributed by atoms with E-state index in [0.717, 1.165) is 22.4 Å². The van der Waals surface area contributed by atoms with Crippen LogP contribution in [-0.4, -0.2) is 89.5 Å². The fraction of sp³-hybridized carbons (Fsp3) is 0.417. The number of aromatic nitrogens is 3. The van der Waals surface area contributed by atoms with Crippen LogP contribution in [0.4, 0.5) is 5.69 Å².